The van der Waals surface area contributed by atoms with Crippen molar-refractivity contribution in [3.05, 3.63) is 23.8 Å². The van der Waals surface area contributed by atoms with Crippen molar-refractivity contribution in [2.24, 2.45) is 5.73 Å². The zero-order chi connectivity index (χ0) is 18.8. The Bertz CT molecular complexity index is 616. The van der Waals surface area contributed by atoms with Gasteiger partial charge in [-0.25, -0.2) is 0 Å². The molecule has 1 aliphatic heterocycles. The first-order valence-corrected chi connectivity index (χ1v) is 8.66. The molecule has 0 spiro atoms. The third-order valence-electron chi connectivity index (χ3n) is 4.64. The Morgan fingerprint density at radius 1 is 1.24 bits per heavy atom. The largest absolute Gasteiger partial charge is 0.494 e. The average Bonchev–Trinajstić information content (AvgIpc) is 2.72. The summed E-state index contributed by atoms with van der Waals surface area (Å²) in [5, 5.41) is 2.79. The Hall–Kier alpha value is -1.57. The van der Waals surface area contributed by atoms with Crippen LogP contribution < -0.4 is 21.3 Å². The predicted molar refractivity (Wildman–Crippen MR) is 98.8 cm³/mol. The van der Waals surface area contributed by atoms with Crippen LogP contribution in [-0.2, 0) is 20.6 Å². The maximum Gasteiger partial charge on any atom is 0.494 e. The van der Waals surface area contributed by atoms with Crippen LogP contribution in [0.15, 0.2) is 18.2 Å². The lowest BCUT2D eigenvalue weighted by molar-refractivity contribution is -0.123. The number of rotatable bonds is 6. The molecule has 1 saturated heterocycles. The Morgan fingerprint density at radius 3 is 2.36 bits per heavy atom. The molecule has 138 valence electrons. The summed E-state index contributed by atoms with van der Waals surface area (Å²) in [6.07, 6.45) is 0. The number of hydrogen-bond acceptors (Lipinski definition) is 5. The topological polar surface area (TPSA) is 82.8 Å². The van der Waals surface area contributed by atoms with E-state index in [9.17, 15) is 4.79 Å². The molecular formula is C18H29BN2O4. The third kappa shape index (κ3) is 4.54. The normalized spacial score (nSPS) is 18.5. The predicted octanol–water partition coefficient (Wildman–Crippen LogP) is 1.35. The highest BCUT2D eigenvalue weighted by molar-refractivity contribution is 6.62. The second-order valence-corrected chi connectivity index (χ2v) is 7.67. The Kier molecular flexibility index (Phi) is 5.81. The van der Waals surface area contributed by atoms with E-state index >= 15 is 0 Å². The van der Waals surface area contributed by atoms with E-state index in [1.165, 1.54) is 0 Å². The lowest BCUT2D eigenvalue weighted by Crippen LogP contribution is -2.41. The molecular weight excluding hydrogens is 319 g/mol. The maximum absolute atomic E-state index is 11.7. The standard InChI is InChI=1S/C18H29BN2O4/c1-12(2)21-16(22)11-23-15-8-7-14(9-13(15)10-20)19-24-17(3,4)18(5,6)25-19/h7-9,12H,10-11,20H2,1-6H3,(H,21,22). The monoisotopic (exact) mass is 348 g/mol. The summed E-state index contributed by atoms with van der Waals surface area (Å²) in [7, 11) is -0.450. The Balaban J connectivity index is 2.11. The second-order valence-electron chi connectivity index (χ2n) is 7.67. The SMILES string of the molecule is CC(C)NC(=O)COc1ccc(B2OC(C)(C)C(C)(C)O2)cc1CN. The van der Waals surface area contributed by atoms with Gasteiger partial charge in [-0.3, -0.25) is 4.79 Å². The van der Waals surface area contributed by atoms with Crippen molar-refractivity contribution in [1.82, 2.24) is 5.32 Å². The summed E-state index contributed by atoms with van der Waals surface area (Å²) >= 11 is 0. The fourth-order valence-corrected chi connectivity index (χ4v) is 2.53. The summed E-state index contributed by atoms with van der Waals surface area (Å²) in [5.74, 6) is 0.440. The number of ether oxygens (including phenoxy) is 1. The van der Waals surface area contributed by atoms with Crippen LogP contribution in [0.5, 0.6) is 5.75 Å². The number of amides is 1. The first-order chi connectivity index (χ1) is 11.6. The highest BCUT2D eigenvalue weighted by Gasteiger charge is 2.51. The number of nitrogens with two attached hydrogens (primary N) is 1. The molecule has 1 aromatic rings. The molecule has 6 nitrogen and oxygen atoms in total. The molecule has 1 heterocycles. The highest BCUT2D eigenvalue weighted by Crippen LogP contribution is 2.36. The quantitative estimate of drug-likeness (QED) is 0.759. The van der Waals surface area contributed by atoms with Crippen LogP contribution in [0.25, 0.3) is 0 Å². The first-order valence-electron chi connectivity index (χ1n) is 8.66. The van der Waals surface area contributed by atoms with E-state index in [1.807, 2.05) is 59.7 Å². The van der Waals surface area contributed by atoms with Crippen LogP contribution in [0.3, 0.4) is 0 Å². The number of carbonyl (C=O) groups is 1. The summed E-state index contributed by atoms with van der Waals surface area (Å²) in [5.41, 5.74) is 6.75. The van der Waals surface area contributed by atoms with Crippen molar-refractivity contribution in [3.8, 4) is 5.75 Å². The molecule has 1 amide bonds. The lowest BCUT2D eigenvalue weighted by atomic mass is 9.78. The van der Waals surface area contributed by atoms with Crippen LogP contribution in [-0.4, -0.2) is 36.9 Å². The molecule has 0 unspecified atom stereocenters. The molecule has 0 bridgehead atoms. The van der Waals surface area contributed by atoms with Gasteiger partial charge in [-0.05, 0) is 53.1 Å². The van der Waals surface area contributed by atoms with E-state index in [-0.39, 0.29) is 18.6 Å². The maximum atomic E-state index is 11.7. The van der Waals surface area contributed by atoms with Gasteiger partial charge in [-0.15, -0.1) is 0 Å². The summed E-state index contributed by atoms with van der Waals surface area (Å²) in [6.45, 7) is 12.1. The molecule has 3 N–H and O–H groups in total. The van der Waals surface area contributed by atoms with Gasteiger partial charge in [0, 0.05) is 18.2 Å². The van der Waals surface area contributed by atoms with E-state index in [2.05, 4.69) is 5.32 Å². The van der Waals surface area contributed by atoms with Gasteiger partial charge < -0.3 is 25.1 Å². The minimum Gasteiger partial charge on any atom is -0.483 e. The summed E-state index contributed by atoms with van der Waals surface area (Å²) in [6, 6.07) is 5.69. The lowest BCUT2D eigenvalue weighted by Gasteiger charge is -2.32. The molecule has 0 aromatic heterocycles. The number of hydrogen-bond donors (Lipinski definition) is 2. The molecule has 1 fully saturated rings. The van der Waals surface area contributed by atoms with Gasteiger partial charge in [0.2, 0.25) is 0 Å². The van der Waals surface area contributed by atoms with Crippen molar-refractivity contribution in [2.75, 3.05) is 6.61 Å². The molecule has 0 saturated carbocycles. The number of benzene rings is 1. The van der Waals surface area contributed by atoms with Gasteiger partial charge in [-0.2, -0.15) is 0 Å². The van der Waals surface area contributed by atoms with Gasteiger partial charge in [0.1, 0.15) is 5.75 Å². The van der Waals surface area contributed by atoms with E-state index in [1.54, 1.807) is 0 Å². The minimum absolute atomic E-state index is 0.0407. The van der Waals surface area contributed by atoms with E-state index < -0.39 is 18.3 Å². The van der Waals surface area contributed by atoms with Gasteiger partial charge in [-0.1, -0.05) is 12.1 Å². The van der Waals surface area contributed by atoms with Gasteiger partial charge in [0.25, 0.3) is 5.91 Å². The fourth-order valence-electron chi connectivity index (χ4n) is 2.53. The first kappa shape index (κ1) is 19.8. The van der Waals surface area contributed by atoms with E-state index in [0.717, 1.165) is 11.0 Å². The van der Waals surface area contributed by atoms with Crippen molar-refractivity contribution >= 4 is 18.5 Å². The molecule has 0 radical (unpaired) electrons. The average molecular weight is 348 g/mol. The molecule has 0 atom stereocenters. The zero-order valence-corrected chi connectivity index (χ0v) is 16.0. The fraction of sp³-hybridized carbons (Fsp3) is 0.611. The van der Waals surface area contributed by atoms with E-state index in [0.29, 0.717) is 12.3 Å². The molecule has 0 aliphatic carbocycles. The number of carbonyl (C=O) groups excluding carboxylic acids is 1. The van der Waals surface area contributed by atoms with Crippen LogP contribution in [0.4, 0.5) is 0 Å². The van der Waals surface area contributed by atoms with Crippen LogP contribution in [0.1, 0.15) is 47.1 Å². The highest BCUT2D eigenvalue weighted by atomic mass is 16.7. The Labute approximate surface area is 150 Å². The summed E-state index contributed by atoms with van der Waals surface area (Å²) in [4.78, 5) is 11.7. The van der Waals surface area contributed by atoms with Crippen LogP contribution in [0.2, 0.25) is 0 Å². The van der Waals surface area contributed by atoms with Gasteiger partial charge in [0.15, 0.2) is 6.61 Å². The van der Waals surface area contributed by atoms with Crippen molar-refractivity contribution in [1.29, 1.82) is 0 Å². The molecule has 1 aromatic carbocycles. The third-order valence-corrected chi connectivity index (χ3v) is 4.64. The van der Waals surface area contributed by atoms with Crippen molar-refractivity contribution in [3.63, 3.8) is 0 Å². The van der Waals surface area contributed by atoms with Gasteiger partial charge >= 0.3 is 7.12 Å². The number of nitrogens with one attached hydrogen (secondary N) is 1. The van der Waals surface area contributed by atoms with Gasteiger partial charge in [0.05, 0.1) is 11.2 Å². The second kappa shape index (κ2) is 7.36. The zero-order valence-electron chi connectivity index (χ0n) is 16.0. The summed E-state index contributed by atoms with van der Waals surface area (Å²) < 4.78 is 17.7. The Morgan fingerprint density at radius 2 is 1.84 bits per heavy atom. The molecule has 1 aliphatic rings. The van der Waals surface area contributed by atoms with Crippen molar-refractivity contribution < 1.29 is 18.8 Å². The minimum atomic E-state index is -0.450. The van der Waals surface area contributed by atoms with E-state index in [4.69, 9.17) is 19.8 Å². The van der Waals surface area contributed by atoms with Crippen LogP contribution in [0, 0.1) is 0 Å². The molecule has 7 heteroatoms. The van der Waals surface area contributed by atoms with Crippen LogP contribution >= 0.6 is 0 Å². The molecule has 25 heavy (non-hydrogen) atoms. The van der Waals surface area contributed by atoms with Crippen molar-refractivity contribution in [2.45, 2.75) is 65.3 Å². The molecule has 2 rings (SSSR count). The smallest absolute Gasteiger partial charge is 0.483 e.